The Morgan fingerprint density at radius 1 is 0.705 bits per heavy atom. The molecule has 8 rings (SSSR count). The largest absolute Gasteiger partial charge is 0.478 e. The predicted molar refractivity (Wildman–Crippen MR) is 230 cm³/mol. The van der Waals surface area contributed by atoms with E-state index in [1.165, 1.54) is 18.3 Å². The number of carboxylic acids is 1. The lowest BCUT2D eigenvalue weighted by Gasteiger charge is -2.30. The Hall–Kier alpha value is -7.20. The van der Waals surface area contributed by atoms with Crippen molar-refractivity contribution >= 4 is 57.3 Å². The van der Waals surface area contributed by atoms with Gasteiger partial charge in [-0.05, 0) is 109 Å². The van der Waals surface area contributed by atoms with Gasteiger partial charge in [-0.1, -0.05) is 12.1 Å². The summed E-state index contributed by atoms with van der Waals surface area (Å²) in [5, 5.41) is 30.1. The minimum atomic E-state index is -1.05. The number of aromatic nitrogens is 2. The van der Waals surface area contributed by atoms with E-state index in [4.69, 9.17) is 25.6 Å². The Balaban J connectivity index is 0.000000169. The number of nitrogen functional groups attached to an aromatic ring is 1. The van der Waals surface area contributed by atoms with Crippen LogP contribution in [-0.2, 0) is 31.9 Å². The molecule has 312 valence electrons. The number of nitriles is 2. The number of anilines is 4. The first-order valence-corrected chi connectivity index (χ1v) is 19.7. The number of aromatic carboxylic acids is 1. The summed E-state index contributed by atoms with van der Waals surface area (Å²) in [6.07, 6.45) is 7.23. The van der Waals surface area contributed by atoms with Crippen LogP contribution in [0.2, 0.25) is 0 Å². The summed E-state index contributed by atoms with van der Waals surface area (Å²) in [4.78, 5) is 59.5. The highest BCUT2D eigenvalue weighted by Gasteiger charge is 2.23. The molecule has 2 fully saturated rings. The van der Waals surface area contributed by atoms with Crippen LogP contribution in [-0.4, -0.2) is 91.1 Å². The van der Waals surface area contributed by atoms with E-state index in [-0.39, 0.29) is 34.4 Å². The summed E-state index contributed by atoms with van der Waals surface area (Å²) >= 11 is 0. The lowest BCUT2D eigenvalue weighted by molar-refractivity contribution is -0.114. The number of benzene rings is 2. The molecule has 61 heavy (non-hydrogen) atoms. The highest BCUT2D eigenvalue weighted by atomic mass is 16.5. The summed E-state index contributed by atoms with van der Waals surface area (Å²) in [5.41, 5.74) is 17.3. The standard InChI is InChI=1S/C23H22N4O3.C12H13NO.C11H11N3O3/c1-14-8-18(28)9-16-7-15(2)21(11-19(14)16)26-23(29)20-10-17(12-24)25-13-22(20)27-3-5-30-6-4-27;1-7-4-10(14)5-9-3-8(2)12(13)6-11(7)9;12-6-8-5-9(11(15)16)10(7-13-8)14-1-3-17-4-2-14/h7-8,10-11,13H,3-6,9H2,1-2H3,(H,26,29);3-4,6H,5,13H2,1-2H3;5,7H,1-4H2,(H,15,16). The predicted octanol–water partition coefficient (Wildman–Crippen LogP) is 5.47. The van der Waals surface area contributed by atoms with E-state index in [2.05, 4.69) is 15.3 Å². The number of aryl methyl sites for hydroxylation is 2. The van der Waals surface area contributed by atoms with E-state index in [0.717, 1.165) is 50.2 Å². The van der Waals surface area contributed by atoms with Crippen molar-refractivity contribution in [2.45, 2.75) is 40.5 Å². The Morgan fingerprint density at radius 3 is 1.66 bits per heavy atom. The molecule has 4 heterocycles. The van der Waals surface area contributed by atoms with Gasteiger partial charge < -0.3 is 35.4 Å². The smallest absolute Gasteiger partial charge is 0.337 e. The van der Waals surface area contributed by atoms with Gasteiger partial charge in [-0.25, -0.2) is 14.8 Å². The van der Waals surface area contributed by atoms with Gasteiger partial charge in [-0.15, -0.1) is 0 Å². The summed E-state index contributed by atoms with van der Waals surface area (Å²) in [6.45, 7) is 12.6. The number of carbonyl (C=O) groups is 4. The highest BCUT2D eigenvalue weighted by molar-refractivity contribution is 6.09. The number of fused-ring (bicyclic) bond motifs is 2. The van der Waals surface area contributed by atoms with Crippen LogP contribution in [0.25, 0.3) is 11.1 Å². The first-order valence-electron chi connectivity index (χ1n) is 19.7. The van der Waals surface area contributed by atoms with Crippen LogP contribution in [0.1, 0.15) is 79.3 Å². The number of carboxylic acid groups (broad SMARTS) is 1. The third kappa shape index (κ3) is 10.3. The normalized spacial score (nSPS) is 15.5. The van der Waals surface area contributed by atoms with Gasteiger partial charge in [0.1, 0.15) is 23.5 Å². The number of hydrogen-bond acceptors (Lipinski definition) is 13. The number of nitrogens with one attached hydrogen (secondary N) is 1. The van der Waals surface area contributed by atoms with Gasteiger partial charge in [0, 0.05) is 50.4 Å². The van der Waals surface area contributed by atoms with Crippen molar-refractivity contribution in [3.63, 3.8) is 0 Å². The van der Waals surface area contributed by atoms with Crippen LogP contribution in [0.4, 0.5) is 22.7 Å². The van der Waals surface area contributed by atoms with Gasteiger partial charge >= 0.3 is 5.97 Å². The third-order valence-corrected chi connectivity index (χ3v) is 10.7. The zero-order valence-corrected chi connectivity index (χ0v) is 34.5. The molecule has 0 atom stereocenters. The molecule has 15 heteroatoms. The second kappa shape index (κ2) is 19.2. The number of nitrogens with two attached hydrogens (primary N) is 1. The first kappa shape index (κ1) is 43.4. The number of rotatable bonds is 5. The van der Waals surface area contributed by atoms with Gasteiger partial charge in [0.15, 0.2) is 11.6 Å². The second-order valence-corrected chi connectivity index (χ2v) is 15.0. The summed E-state index contributed by atoms with van der Waals surface area (Å²) in [6, 6.07) is 14.5. The fraction of sp³-hybridized carbons (Fsp3) is 0.304. The van der Waals surface area contributed by atoms with Gasteiger partial charge in [0.25, 0.3) is 5.91 Å². The van der Waals surface area contributed by atoms with E-state index < -0.39 is 5.97 Å². The molecular formula is C46H46N8O7. The van der Waals surface area contributed by atoms with Crippen molar-refractivity contribution in [1.82, 2.24) is 9.97 Å². The number of pyridine rings is 2. The Labute approximate surface area is 353 Å². The highest BCUT2D eigenvalue weighted by Crippen LogP contribution is 2.32. The van der Waals surface area contributed by atoms with Crippen molar-refractivity contribution in [2.75, 3.05) is 73.5 Å². The minimum Gasteiger partial charge on any atom is -0.478 e. The van der Waals surface area contributed by atoms with Crippen LogP contribution in [0.5, 0.6) is 0 Å². The molecule has 4 aromatic rings. The summed E-state index contributed by atoms with van der Waals surface area (Å²) < 4.78 is 10.6. The summed E-state index contributed by atoms with van der Waals surface area (Å²) in [5.74, 6) is -1.08. The van der Waals surface area contributed by atoms with E-state index in [0.29, 0.717) is 88.1 Å². The monoisotopic (exact) mass is 822 g/mol. The second-order valence-electron chi connectivity index (χ2n) is 15.0. The Morgan fingerprint density at radius 2 is 1.16 bits per heavy atom. The molecule has 2 aliphatic carbocycles. The van der Waals surface area contributed by atoms with E-state index in [1.54, 1.807) is 18.3 Å². The molecule has 0 radical (unpaired) electrons. The molecule has 0 bridgehead atoms. The number of carbonyl (C=O) groups excluding carboxylic acids is 3. The molecule has 2 aromatic heterocycles. The number of morpholine rings is 2. The average Bonchev–Trinajstić information content (AvgIpc) is 3.25. The maximum Gasteiger partial charge on any atom is 0.337 e. The molecule has 4 aliphatic rings. The van der Waals surface area contributed by atoms with E-state index in [1.807, 2.05) is 73.9 Å². The quantitative estimate of drug-likeness (QED) is 0.212. The van der Waals surface area contributed by atoms with Crippen molar-refractivity contribution in [1.29, 1.82) is 10.5 Å². The number of ketones is 2. The van der Waals surface area contributed by atoms with Crippen LogP contribution in [0.15, 0.2) is 60.9 Å². The lowest BCUT2D eigenvalue weighted by atomic mass is 9.89. The van der Waals surface area contributed by atoms with Crippen molar-refractivity contribution in [2.24, 2.45) is 0 Å². The Bertz CT molecular complexity index is 2560. The number of nitrogens with zero attached hydrogens (tertiary/aromatic N) is 6. The first-order chi connectivity index (χ1) is 29.3. The molecule has 0 unspecified atom stereocenters. The average molecular weight is 823 g/mol. The minimum absolute atomic E-state index is 0.0900. The third-order valence-electron chi connectivity index (χ3n) is 10.7. The van der Waals surface area contributed by atoms with Crippen molar-refractivity contribution < 1.29 is 33.8 Å². The molecule has 4 N–H and O–H groups in total. The molecule has 2 saturated heterocycles. The SMILES string of the molecule is CC1=CC(=O)Cc2cc(C)c(N)cc21.CC1=CC(=O)Cc2cc(C)c(NC(=O)c3cc(C#N)ncc3N3CCOCC3)cc21.N#Cc1cc(C(=O)O)c(N2CCOCC2)cn1. The van der Waals surface area contributed by atoms with E-state index in [9.17, 15) is 24.4 Å². The molecule has 2 aliphatic heterocycles. The number of ether oxygens (including phenoxy) is 2. The molecular weight excluding hydrogens is 777 g/mol. The molecule has 0 spiro atoms. The molecule has 1 amide bonds. The maximum absolute atomic E-state index is 13.2. The van der Waals surface area contributed by atoms with Gasteiger partial charge in [0.05, 0.1) is 61.3 Å². The molecule has 15 nitrogen and oxygen atoms in total. The van der Waals surface area contributed by atoms with Crippen LogP contribution in [0.3, 0.4) is 0 Å². The molecule has 0 saturated carbocycles. The van der Waals surface area contributed by atoms with Crippen LogP contribution in [0, 0.1) is 36.5 Å². The Kier molecular flexibility index (Phi) is 13.7. The number of hydrogen-bond donors (Lipinski definition) is 3. The van der Waals surface area contributed by atoms with Crippen molar-refractivity contribution in [3.8, 4) is 12.1 Å². The van der Waals surface area contributed by atoms with Crippen LogP contribution >= 0.6 is 0 Å². The topological polar surface area (TPSA) is 225 Å². The molecule has 2 aromatic carbocycles. The maximum atomic E-state index is 13.2. The van der Waals surface area contributed by atoms with E-state index >= 15 is 0 Å². The number of amides is 1. The van der Waals surface area contributed by atoms with Crippen LogP contribution < -0.4 is 20.9 Å². The lowest BCUT2D eigenvalue weighted by Crippen LogP contribution is -2.37. The summed E-state index contributed by atoms with van der Waals surface area (Å²) in [7, 11) is 0. The fourth-order valence-electron chi connectivity index (χ4n) is 7.50. The van der Waals surface area contributed by atoms with Crippen molar-refractivity contribution in [3.05, 3.63) is 117 Å². The van der Waals surface area contributed by atoms with Gasteiger partial charge in [0.2, 0.25) is 0 Å². The zero-order valence-electron chi connectivity index (χ0n) is 34.5. The van der Waals surface area contributed by atoms with Gasteiger partial charge in [-0.3, -0.25) is 14.4 Å². The number of allylic oxidation sites excluding steroid dienone is 4. The zero-order chi connectivity index (χ0) is 43.8. The fourth-order valence-corrected chi connectivity index (χ4v) is 7.50. The van der Waals surface area contributed by atoms with Gasteiger partial charge in [-0.2, -0.15) is 10.5 Å².